The Kier molecular flexibility index (Phi) is 5.23. The fourth-order valence-corrected chi connectivity index (χ4v) is 3.51. The summed E-state index contributed by atoms with van der Waals surface area (Å²) < 4.78 is 10.4. The average molecular weight is 452 g/mol. The zero-order valence-corrected chi connectivity index (χ0v) is 17.5. The number of hydrogen-bond acceptors (Lipinski definition) is 6. The first-order chi connectivity index (χ1) is 16.5. The van der Waals surface area contributed by atoms with Gasteiger partial charge in [0.1, 0.15) is 22.3 Å². The highest BCUT2D eigenvalue weighted by molar-refractivity contribution is 6.07. The smallest absolute Gasteiger partial charge is 0.349 e. The second kappa shape index (κ2) is 8.51. The van der Waals surface area contributed by atoms with Gasteiger partial charge in [0.25, 0.3) is 11.8 Å². The topological polar surface area (TPSA) is 119 Å². The molecule has 5 rings (SSSR count). The molecule has 34 heavy (non-hydrogen) atoms. The van der Waals surface area contributed by atoms with Crippen molar-refractivity contribution >= 4 is 45.1 Å². The summed E-state index contributed by atoms with van der Waals surface area (Å²) in [7, 11) is 0. The Morgan fingerprint density at radius 1 is 0.559 bits per heavy atom. The first-order valence-corrected chi connectivity index (χ1v) is 10.3. The van der Waals surface area contributed by atoms with Gasteiger partial charge in [0.15, 0.2) is 0 Å². The van der Waals surface area contributed by atoms with Crippen molar-refractivity contribution in [1.29, 1.82) is 0 Å². The number of anilines is 2. The summed E-state index contributed by atoms with van der Waals surface area (Å²) in [5.74, 6) is -1.31. The fourth-order valence-electron chi connectivity index (χ4n) is 3.51. The summed E-state index contributed by atoms with van der Waals surface area (Å²) in [5, 5.41) is 6.47. The van der Waals surface area contributed by atoms with E-state index in [9.17, 15) is 19.2 Å². The van der Waals surface area contributed by atoms with E-state index in [0.29, 0.717) is 33.3 Å². The molecule has 8 heteroatoms. The largest absolute Gasteiger partial charge is 0.422 e. The molecule has 2 N–H and O–H groups in total. The van der Waals surface area contributed by atoms with E-state index in [1.165, 1.54) is 18.2 Å². The van der Waals surface area contributed by atoms with Gasteiger partial charge in [-0.2, -0.15) is 0 Å². The molecule has 3 aromatic carbocycles. The lowest BCUT2D eigenvalue weighted by atomic mass is 10.1. The van der Waals surface area contributed by atoms with Crippen molar-refractivity contribution < 1.29 is 18.4 Å². The summed E-state index contributed by atoms with van der Waals surface area (Å²) >= 11 is 0. The van der Waals surface area contributed by atoms with Crippen molar-refractivity contribution in [3.05, 3.63) is 117 Å². The van der Waals surface area contributed by atoms with Crippen LogP contribution in [0.2, 0.25) is 0 Å². The van der Waals surface area contributed by atoms with Crippen LogP contribution in [-0.4, -0.2) is 11.8 Å². The number of hydrogen-bond donors (Lipinski definition) is 2. The summed E-state index contributed by atoms with van der Waals surface area (Å²) in [6.45, 7) is 0. The summed E-state index contributed by atoms with van der Waals surface area (Å²) in [6, 6.07) is 23.0. The molecule has 0 bridgehead atoms. The maximum atomic E-state index is 12.7. The molecule has 0 fully saturated rings. The van der Waals surface area contributed by atoms with Gasteiger partial charge in [0.05, 0.1) is 0 Å². The molecule has 0 unspecified atom stereocenters. The molecular formula is C26H16N2O6. The molecule has 0 aliphatic rings. The van der Waals surface area contributed by atoms with Crippen molar-refractivity contribution in [2.45, 2.75) is 0 Å². The molecule has 0 saturated heterocycles. The average Bonchev–Trinajstić information content (AvgIpc) is 2.83. The Morgan fingerprint density at radius 3 is 1.47 bits per heavy atom. The van der Waals surface area contributed by atoms with Crippen LogP contribution in [0, 0.1) is 0 Å². The van der Waals surface area contributed by atoms with Crippen LogP contribution in [0.5, 0.6) is 0 Å². The molecule has 8 nitrogen and oxygen atoms in total. The Labute approximate surface area is 191 Å². The van der Waals surface area contributed by atoms with E-state index in [4.69, 9.17) is 8.83 Å². The predicted molar refractivity (Wildman–Crippen MR) is 127 cm³/mol. The number of fused-ring (bicyclic) bond motifs is 2. The summed E-state index contributed by atoms with van der Waals surface area (Å²) in [4.78, 5) is 49.9. The predicted octanol–water partition coefficient (Wildman–Crippen LogP) is 4.40. The SMILES string of the molecule is O=C(Nc1cccc(NC(=O)c2cc3ccccc3oc2=O)c1)c1cc2ccccc2oc1=O. The molecule has 0 aliphatic heterocycles. The normalized spacial score (nSPS) is 10.8. The zero-order chi connectivity index (χ0) is 23.7. The van der Waals surface area contributed by atoms with Gasteiger partial charge in [-0.1, -0.05) is 42.5 Å². The maximum Gasteiger partial charge on any atom is 0.349 e. The quantitative estimate of drug-likeness (QED) is 0.390. The minimum atomic E-state index is -0.760. The standard InChI is InChI=1S/C26H16N2O6/c29-23(19-12-15-6-1-3-10-21(15)33-25(19)31)27-17-8-5-9-18(14-17)28-24(30)20-13-16-7-2-4-11-22(16)34-26(20)32/h1-14H,(H,27,29)(H,28,30). The van der Waals surface area contributed by atoms with E-state index < -0.39 is 23.1 Å². The van der Waals surface area contributed by atoms with Gasteiger partial charge in [0.2, 0.25) is 0 Å². The van der Waals surface area contributed by atoms with E-state index in [1.807, 2.05) is 0 Å². The van der Waals surface area contributed by atoms with Crippen molar-refractivity contribution in [2.75, 3.05) is 10.6 Å². The number of carbonyl (C=O) groups excluding carboxylic acids is 2. The van der Waals surface area contributed by atoms with Gasteiger partial charge >= 0.3 is 11.3 Å². The van der Waals surface area contributed by atoms with E-state index in [2.05, 4.69) is 10.6 Å². The second-order valence-corrected chi connectivity index (χ2v) is 7.46. The summed E-state index contributed by atoms with van der Waals surface area (Å²) in [5.41, 5.74) is -0.392. The fraction of sp³-hybridized carbons (Fsp3) is 0. The first kappa shape index (κ1) is 20.9. The number of benzene rings is 3. The third kappa shape index (κ3) is 4.07. The van der Waals surface area contributed by atoms with Crippen LogP contribution in [0.15, 0.2) is 103 Å². The highest BCUT2D eigenvalue weighted by Gasteiger charge is 2.16. The van der Waals surface area contributed by atoms with Gasteiger partial charge < -0.3 is 19.5 Å². The van der Waals surface area contributed by atoms with Crippen molar-refractivity contribution in [3.63, 3.8) is 0 Å². The highest BCUT2D eigenvalue weighted by Crippen LogP contribution is 2.19. The molecule has 0 radical (unpaired) electrons. The molecule has 0 aliphatic carbocycles. The number of para-hydroxylation sites is 2. The molecule has 0 saturated carbocycles. The Morgan fingerprint density at radius 2 is 1.00 bits per heavy atom. The number of amides is 2. The van der Waals surface area contributed by atoms with Crippen LogP contribution in [-0.2, 0) is 0 Å². The van der Waals surface area contributed by atoms with E-state index in [1.54, 1.807) is 66.7 Å². The molecule has 2 amide bonds. The lowest BCUT2D eigenvalue weighted by Crippen LogP contribution is -2.21. The lowest BCUT2D eigenvalue weighted by molar-refractivity contribution is 0.101. The molecule has 166 valence electrons. The Balaban J connectivity index is 1.37. The second-order valence-electron chi connectivity index (χ2n) is 7.46. The van der Waals surface area contributed by atoms with Gasteiger partial charge in [-0.15, -0.1) is 0 Å². The van der Waals surface area contributed by atoms with E-state index in [0.717, 1.165) is 0 Å². The number of carbonyl (C=O) groups is 2. The van der Waals surface area contributed by atoms with Gasteiger partial charge in [0, 0.05) is 22.1 Å². The molecular weight excluding hydrogens is 436 g/mol. The Hall–Kier alpha value is -4.98. The van der Waals surface area contributed by atoms with E-state index >= 15 is 0 Å². The molecule has 5 aromatic rings. The monoisotopic (exact) mass is 452 g/mol. The minimum Gasteiger partial charge on any atom is -0.422 e. The van der Waals surface area contributed by atoms with Crippen LogP contribution in [0.25, 0.3) is 21.9 Å². The van der Waals surface area contributed by atoms with Crippen molar-refractivity contribution in [3.8, 4) is 0 Å². The van der Waals surface area contributed by atoms with E-state index in [-0.39, 0.29) is 11.1 Å². The zero-order valence-electron chi connectivity index (χ0n) is 17.5. The molecule has 0 spiro atoms. The maximum absolute atomic E-state index is 12.7. The third-order valence-electron chi connectivity index (χ3n) is 5.15. The molecule has 2 heterocycles. The van der Waals surface area contributed by atoms with Crippen LogP contribution >= 0.6 is 0 Å². The number of nitrogens with one attached hydrogen (secondary N) is 2. The van der Waals surface area contributed by atoms with Crippen LogP contribution < -0.4 is 21.9 Å². The lowest BCUT2D eigenvalue weighted by Gasteiger charge is -2.09. The van der Waals surface area contributed by atoms with Crippen LogP contribution in [0.4, 0.5) is 11.4 Å². The summed E-state index contributed by atoms with van der Waals surface area (Å²) in [6.07, 6.45) is 0. The number of rotatable bonds is 4. The van der Waals surface area contributed by atoms with Crippen molar-refractivity contribution in [1.82, 2.24) is 0 Å². The molecule has 0 atom stereocenters. The van der Waals surface area contributed by atoms with Gasteiger partial charge in [-0.3, -0.25) is 9.59 Å². The highest BCUT2D eigenvalue weighted by atomic mass is 16.4. The minimum absolute atomic E-state index is 0.151. The van der Waals surface area contributed by atoms with Gasteiger partial charge in [-0.05, 0) is 42.5 Å². The first-order valence-electron chi connectivity index (χ1n) is 10.3. The molecule has 2 aromatic heterocycles. The third-order valence-corrected chi connectivity index (χ3v) is 5.15. The van der Waals surface area contributed by atoms with Crippen LogP contribution in [0.3, 0.4) is 0 Å². The Bertz CT molecular complexity index is 1580. The van der Waals surface area contributed by atoms with Crippen molar-refractivity contribution in [2.24, 2.45) is 0 Å². The van der Waals surface area contributed by atoms with Crippen LogP contribution in [0.1, 0.15) is 20.7 Å². The van der Waals surface area contributed by atoms with Gasteiger partial charge in [-0.25, -0.2) is 9.59 Å².